The van der Waals surface area contributed by atoms with Gasteiger partial charge in [-0.1, -0.05) is 39.5 Å². The molecule has 17 heavy (non-hydrogen) atoms. The molecule has 1 heterocycles. The molecule has 2 rings (SSSR count). The number of carbonyl (C=O) groups excluding carboxylic acids is 1. The molecule has 2 fully saturated rings. The zero-order chi connectivity index (χ0) is 12.3. The number of hydrogen-bond acceptors (Lipinski definition) is 2. The lowest BCUT2D eigenvalue weighted by atomic mass is 10.0. The van der Waals surface area contributed by atoms with E-state index in [1.807, 2.05) is 0 Å². The quantitative estimate of drug-likeness (QED) is 0.796. The van der Waals surface area contributed by atoms with Crippen LogP contribution >= 0.6 is 0 Å². The molecule has 1 aliphatic carbocycles. The molecule has 0 spiro atoms. The van der Waals surface area contributed by atoms with Crippen LogP contribution in [0.15, 0.2) is 0 Å². The summed E-state index contributed by atoms with van der Waals surface area (Å²) in [7, 11) is 0. The molecule has 1 amide bonds. The van der Waals surface area contributed by atoms with Gasteiger partial charge in [0.15, 0.2) is 0 Å². The summed E-state index contributed by atoms with van der Waals surface area (Å²) in [5.74, 6) is 1.22. The topological polar surface area (TPSA) is 32.3 Å². The monoisotopic (exact) mass is 238 g/mol. The van der Waals surface area contributed by atoms with Gasteiger partial charge in [-0.3, -0.25) is 4.79 Å². The van der Waals surface area contributed by atoms with Crippen molar-refractivity contribution in [3.05, 3.63) is 0 Å². The standard InChI is InChI=1S/C14H26N2O/c1-11(2)15-13-8-10-16(14(13)17)9-7-12-5-3-4-6-12/h11-13,15H,3-10H2,1-2H3. The molecule has 1 aliphatic heterocycles. The Hall–Kier alpha value is -0.570. The average molecular weight is 238 g/mol. The molecule has 0 radical (unpaired) electrons. The van der Waals surface area contributed by atoms with Gasteiger partial charge in [0.05, 0.1) is 6.04 Å². The Balaban J connectivity index is 1.73. The molecular formula is C14H26N2O. The Morgan fingerprint density at radius 2 is 2.00 bits per heavy atom. The van der Waals surface area contributed by atoms with Gasteiger partial charge in [-0.05, 0) is 18.8 Å². The van der Waals surface area contributed by atoms with Crippen molar-refractivity contribution in [1.82, 2.24) is 10.2 Å². The van der Waals surface area contributed by atoms with Crippen molar-refractivity contribution in [3.63, 3.8) is 0 Å². The summed E-state index contributed by atoms with van der Waals surface area (Å²) in [6.07, 6.45) is 7.78. The molecule has 0 bridgehead atoms. The molecule has 2 aliphatic rings. The Kier molecular flexibility index (Phi) is 4.43. The van der Waals surface area contributed by atoms with Crippen molar-refractivity contribution in [1.29, 1.82) is 0 Å². The van der Waals surface area contributed by atoms with Gasteiger partial charge in [0.25, 0.3) is 0 Å². The molecule has 1 N–H and O–H groups in total. The summed E-state index contributed by atoms with van der Waals surface area (Å²) in [6.45, 7) is 6.15. The smallest absolute Gasteiger partial charge is 0.239 e. The van der Waals surface area contributed by atoms with Gasteiger partial charge in [0, 0.05) is 19.1 Å². The predicted octanol–water partition coefficient (Wildman–Crippen LogP) is 2.17. The van der Waals surface area contributed by atoms with Crippen molar-refractivity contribution >= 4 is 5.91 Å². The highest BCUT2D eigenvalue weighted by Crippen LogP contribution is 2.28. The van der Waals surface area contributed by atoms with Crippen LogP contribution in [0.25, 0.3) is 0 Å². The van der Waals surface area contributed by atoms with Crippen molar-refractivity contribution in [2.75, 3.05) is 13.1 Å². The first-order valence-corrected chi connectivity index (χ1v) is 7.21. The highest BCUT2D eigenvalue weighted by Gasteiger charge is 2.31. The third-order valence-corrected chi connectivity index (χ3v) is 4.11. The summed E-state index contributed by atoms with van der Waals surface area (Å²) in [5.41, 5.74) is 0. The maximum absolute atomic E-state index is 12.1. The highest BCUT2D eigenvalue weighted by atomic mass is 16.2. The summed E-state index contributed by atoms with van der Waals surface area (Å²) in [6, 6.07) is 0.484. The molecule has 3 nitrogen and oxygen atoms in total. The van der Waals surface area contributed by atoms with Gasteiger partial charge >= 0.3 is 0 Å². The Morgan fingerprint density at radius 3 is 2.65 bits per heavy atom. The summed E-state index contributed by atoms with van der Waals surface area (Å²) < 4.78 is 0. The van der Waals surface area contributed by atoms with Gasteiger partial charge in [-0.25, -0.2) is 0 Å². The molecule has 0 aromatic heterocycles. The van der Waals surface area contributed by atoms with E-state index in [-0.39, 0.29) is 6.04 Å². The normalized spacial score (nSPS) is 26.4. The van der Waals surface area contributed by atoms with E-state index >= 15 is 0 Å². The van der Waals surface area contributed by atoms with Crippen LogP contribution in [0.4, 0.5) is 0 Å². The molecule has 1 saturated heterocycles. The van der Waals surface area contributed by atoms with Crippen LogP contribution in [0.3, 0.4) is 0 Å². The van der Waals surface area contributed by atoms with E-state index < -0.39 is 0 Å². The highest BCUT2D eigenvalue weighted by molar-refractivity contribution is 5.83. The fourth-order valence-electron chi connectivity index (χ4n) is 3.16. The number of carbonyl (C=O) groups is 1. The van der Waals surface area contributed by atoms with E-state index in [2.05, 4.69) is 24.1 Å². The Morgan fingerprint density at radius 1 is 1.29 bits per heavy atom. The van der Waals surface area contributed by atoms with E-state index in [1.165, 1.54) is 32.1 Å². The van der Waals surface area contributed by atoms with Crippen LogP contribution in [-0.4, -0.2) is 36.0 Å². The Labute approximate surface area is 105 Å². The number of likely N-dealkylation sites (tertiary alicyclic amines) is 1. The molecule has 1 saturated carbocycles. The minimum atomic E-state index is 0.0820. The average Bonchev–Trinajstić information content (AvgIpc) is 2.88. The van der Waals surface area contributed by atoms with Crippen LogP contribution in [0, 0.1) is 5.92 Å². The van der Waals surface area contributed by atoms with Gasteiger partial charge < -0.3 is 10.2 Å². The number of amides is 1. The largest absolute Gasteiger partial charge is 0.341 e. The van der Waals surface area contributed by atoms with Crippen LogP contribution in [0.5, 0.6) is 0 Å². The van der Waals surface area contributed by atoms with E-state index in [4.69, 9.17) is 0 Å². The lowest BCUT2D eigenvalue weighted by Gasteiger charge is -2.20. The second-order valence-electron chi connectivity index (χ2n) is 5.93. The maximum atomic E-state index is 12.1. The van der Waals surface area contributed by atoms with E-state index in [1.54, 1.807) is 0 Å². The van der Waals surface area contributed by atoms with Crippen molar-refractivity contribution in [2.24, 2.45) is 5.92 Å². The summed E-state index contributed by atoms with van der Waals surface area (Å²) in [4.78, 5) is 14.2. The molecule has 1 unspecified atom stereocenters. The fraction of sp³-hybridized carbons (Fsp3) is 0.929. The lowest BCUT2D eigenvalue weighted by molar-refractivity contribution is -0.129. The molecule has 98 valence electrons. The van der Waals surface area contributed by atoms with Crippen LogP contribution < -0.4 is 5.32 Å². The van der Waals surface area contributed by atoms with E-state index in [0.29, 0.717) is 11.9 Å². The van der Waals surface area contributed by atoms with Gasteiger partial charge in [-0.15, -0.1) is 0 Å². The minimum absolute atomic E-state index is 0.0820. The third-order valence-electron chi connectivity index (χ3n) is 4.11. The van der Waals surface area contributed by atoms with Crippen molar-refractivity contribution < 1.29 is 4.79 Å². The Bertz CT molecular complexity index is 259. The van der Waals surface area contributed by atoms with Gasteiger partial charge in [-0.2, -0.15) is 0 Å². The zero-order valence-corrected chi connectivity index (χ0v) is 11.2. The molecule has 0 aromatic carbocycles. The molecule has 3 heteroatoms. The van der Waals surface area contributed by atoms with Crippen LogP contribution in [0.2, 0.25) is 0 Å². The number of nitrogens with zero attached hydrogens (tertiary/aromatic N) is 1. The second-order valence-corrected chi connectivity index (χ2v) is 5.93. The third kappa shape index (κ3) is 3.44. The van der Waals surface area contributed by atoms with Crippen LogP contribution in [0.1, 0.15) is 52.4 Å². The first kappa shape index (κ1) is 12.9. The van der Waals surface area contributed by atoms with Crippen LogP contribution in [-0.2, 0) is 4.79 Å². The number of nitrogens with one attached hydrogen (secondary N) is 1. The van der Waals surface area contributed by atoms with E-state index in [9.17, 15) is 4.79 Å². The predicted molar refractivity (Wildman–Crippen MR) is 69.8 cm³/mol. The molecule has 1 atom stereocenters. The van der Waals surface area contributed by atoms with Gasteiger partial charge in [0.1, 0.15) is 0 Å². The van der Waals surface area contributed by atoms with Gasteiger partial charge in [0.2, 0.25) is 5.91 Å². The maximum Gasteiger partial charge on any atom is 0.239 e. The SMILES string of the molecule is CC(C)NC1CCN(CCC2CCCC2)C1=O. The summed E-state index contributed by atoms with van der Waals surface area (Å²) in [5, 5.41) is 3.36. The molecular weight excluding hydrogens is 212 g/mol. The fourth-order valence-corrected chi connectivity index (χ4v) is 3.16. The summed E-state index contributed by atoms with van der Waals surface area (Å²) >= 11 is 0. The number of rotatable bonds is 5. The lowest BCUT2D eigenvalue weighted by Crippen LogP contribution is -2.41. The molecule has 0 aromatic rings. The first-order chi connectivity index (χ1) is 8.16. The number of hydrogen-bond donors (Lipinski definition) is 1. The zero-order valence-electron chi connectivity index (χ0n) is 11.2. The van der Waals surface area contributed by atoms with Crippen molar-refractivity contribution in [3.8, 4) is 0 Å². The first-order valence-electron chi connectivity index (χ1n) is 7.21. The minimum Gasteiger partial charge on any atom is -0.341 e. The van der Waals surface area contributed by atoms with Crippen molar-refractivity contribution in [2.45, 2.75) is 64.5 Å². The van der Waals surface area contributed by atoms with E-state index in [0.717, 1.165) is 25.4 Å². The second kappa shape index (κ2) is 5.85.